The lowest BCUT2D eigenvalue weighted by atomic mass is 10.0. The lowest BCUT2D eigenvalue weighted by Gasteiger charge is -2.31. The maximum absolute atomic E-state index is 12.3. The highest BCUT2D eigenvalue weighted by atomic mass is 16.5. The minimum absolute atomic E-state index is 0.114. The number of carbonyl (C=O) groups excluding carboxylic acids is 1. The molecule has 1 amide bonds. The zero-order valence-electron chi connectivity index (χ0n) is 12.2. The van der Waals surface area contributed by atoms with E-state index in [4.69, 9.17) is 10.5 Å². The fourth-order valence-electron chi connectivity index (χ4n) is 2.52. The van der Waals surface area contributed by atoms with Crippen molar-refractivity contribution in [2.24, 2.45) is 0 Å². The van der Waals surface area contributed by atoms with Crippen LogP contribution in [0.4, 0.5) is 5.69 Å². The number of methoxy groups -OCH3 is 1. The van der Waals surface area contributed by atoms with Gasteiger partial charge in [-0.25, -0.2) is 0 Å². The van der Waals surface area contributed by atoms with Crippen LogP contribution in [0.5, 0.6) is 5.75 Å². The van der Waals surface area contributed by atoms with Gasteiger partial charge in [-0.3, -0.25) is 4.79 Å². The molecule has 0 radical (unpaired) electrons. The molecule has 1 heterocycles. The lowest BCUT2D eigenvalue weighted by Crippen LogP contribution is -2.44. The molecule has 0 spiro atoms. The van der Waals surface area contributed by atoms with Crippen LogP contribution < -0.4 is 15.8 Å². The number of nitrogens with zero attached hydrogens (tertiary/aromatic N) is 1. The Labute approximate surface area is 120 Å². The van der Waals surface area contributed by atoms with Crippen LogP contribution in [0.15, 0.2) is 18.2 Å². The molecule has 5 nitrogen and oxygen atoms in total. The minimum Gasteiger partial charge on any atom is -0.497 e. The van der Waals surface area contributed by atoms with Crippen LogP contribution in [-0.4, -0.2) is 43.6 Å². The molecule has 0 unspecified atom stereocenters. The number of ether oxygens (including phenoxy) is 1. The SMILES string of the molecule is CCN1CCC(NC(=O)c2cc(OC)ccc2N)CC1. The molecule has 1 fully saturated rings. The van der Waals surface area contributed by atoms with Crippen molar-refractivity contribution in [2.75, 3.05) is 32.5 Å². The molecule has 1 aliphatic rings. The molecule has 1 aromatic carbocycles. The van der Waals surface area contributed by atoms with Crippen molar-refractivity contribution in [3.63, 3.8) is 0 Å². The van der Waals surface area contributed by atoms with E-state index in [1.165, 1.54) is 0 Å². The quantitative estimate of drug-likeness (QED) is 0.818. The third-order valence-electron chi connectivity index (χ3n) is 3.88. The van der Waals surface area contributed by atoms with Gasteiger partial charge in [-0.15, -0.1) is 0 Å². The molecule has 0 bridgehead atoms. The van der Waals surface area contributed by atoms with Gasteiger partial charge in [-0.2, -0.15) is 0 Å². The zero-order valence-corrected chi connectivity index (χ0v) is 12.2. The molecule has 0 saturated carbocycles. The van der Waals surface area contributed by atoms with E-state index < -0.39 is 0 Å². The summed E-state index contributed by atoms with van der Waals surface area (Å²) in [7, 11) is 1.58. The van der Waals surface area contributed by atoms with Gasteiger partial charge in [0.2, 0.25) is 0 Å². The first kappa shape index (κ1) is 14.7. The number of hydrogen-bond donors (Lipinski definition) is 2. The molecule has 0 aliphatic carbocycles. The summed E-state index contributed by atoms with van der Waals surface area (Å²) in [6, 6.07) is 5.38. The highest BCUT2D eigenvalue weighted by Crippen LogP contribution is 2.20. The van der Waals surface area contributed by atoms with E-state index in [-0.39, 0.29) is 11.9 Å². The van der Waals surface area contributed by atoms with Crippen LogP contribution in [0.3, 0.4) is 0 Å². The molecule has 1 aliphatic heterocycles. The van der Waals surface area contributed by atoms with Gasteiger partial charge in [0.25, 0.3) is 5.91 Å². The molecule has 20 heavy (non-hydrogen) atoms. The van der Waals surface area contributed by atoms with Gasteiger partial charge in [0.1, 0.15) is 5.75 Å². The summed E-state index contributed by atoms with van der Waals surface area (Å²) in [5.41, 5.74) is 6.84. The molecule has 0 aromatic heterocycles. The summed E-state index contributed by atoms with van der Waals surface area (Å²) in [4.78, 5) is 14.7. The van der Waals surface area contributed by atoms with Gasteiger partial charge in [-0.1, -0.05) is 6.92 Å². The van der Waals surface area contributed by atoms with Gasteiger partial charge in [-0.05, 0) is 37.6 Å². The Morgan fingerprint density at radius 3 is 2.75 bits per heavy atom. The minimum atomic E-state index is -0.114. The Bertz CT molecular complexity index is 468. The number of amides is 1. The third kappa shape index (κ3) is 3.42. The number of rotatable bonds is 4. The first-order valence-electron chi connectivity index (χ1n) is 7.10. The number of nitrogens with one attached hydrogen (secondary N) is 1. The van der Waals surface area contributed by atoms with Crippen molar-refractivity contribution in [1.29, 1.82) is 0 Å². The maximum Gasteiger partial charge on any atom is 0.253 e. The van der Waals surface area contributed by atoms with E-state index in [0.717, 1.165) is 32.5 Å². The Morgan fingerprint density at radius 1 is 1.45 bits per heavy atom. The van der Waals surface area contributed by atoms with E-state index >= 15 is 0 Å². The third-order valence-corrected chi connectivity index (χ3v) is 3.88. The monoisotopic (exact) mass is 277 g/mol. The van der Waals surface area contributed by atoms with E-state index in [2.05, 4.69) is 17.1 Å². The molecular weight excluding hydrogens is 254 g/mol. The van der Waals surface area contributed by atoms with Crippen molar-refractivity contribution in [3.8, 4) is 5.75 Å². The van der Waals surface area contributed by atoms with Crippen LogP contribution in [0.2, 0.25) is 0 Å². The molecule has 1 saturated heterocycles. The van der Waals surface area contributed by atoms with Crippen molar-refractivity contribution < 1.29 is 9.53 Å². The van der Waals surface area contributed by atoms with Crippen molar-refractivity contribution >= 4 is 11.6 Å². The first-order chi connectivity index (χ1) is 9.63. The largest absolute Gasteiger partial charge is 0.497 e. The predicted molar refractivity (Wildman–Crippen MR) is 80.0 cm³/mol. The topological polar surface area (TPSA) is 67.6 Å². The molecule has 1 aromatic rings. The molecule has 5 heteroatoms. The smallest absolute Gasteiger partial charge is 0.253 e. The summed E-state index contributed by atoms with van der Waals surface area (Å²) in [5.74, 6) is 0.529. The second kappa shape index (κ2) is 6.61. The highest BCUT2D eigenvalue weighted by Gasteiger charge is 2.21. The van der Waals surface area contributed by atoms with Crippen molar-refractivity contribution in [3.05, 3.63) is 23.8 Å². The van der Waals surface area contributed by atoms with Crippen LogP contribution in [0, 0.1) is 0 Å². The van der Waals surface area contributed by atoms with Crippen LogP contribution >= 0.6 is 0 Å². The average molecular weight is 277 g/mol. The number of likely N-dealkylation sites (tertiary alicyclic amines) is 1. The van der Waals surface area contributed by atoms with Gasteiger partial charge in [0, 0.05) is 24.8 Å². The first-order valence-corrected chi connectivity index (χ1v) is 7.10. The number of piperidine rings is 1. The van der Waals surface area contributed by atoms with Crippen LogP contribution in [-0.2, 0) is 0 Å². The van der Waals surface area contributed by atoms with Gasteiger partial charge >= 0.3 is 0 Å². The molecular formula is C15H23N3O2. The van der Waals surface area contributed by atoms with Gasteiger partial charge < -0.3 is 20.7 Å². The van der Waals surface area contributed by atoms with Gasteiger partial charge in [0.15, 0.2) is 0 Å². The van der Waals surface area contributed by atoms with Gasteiger partial charge in [0.05, 0.1) is 12.7 Å². The normalized spacial score (nSPS) is 16.9. The fourth-order valence-corrected chi connectivity index (χ4v) is 2.52. The summed E-state index contributed by atoms with van der Waals surface area (Å²) in [6.07, 6.45) is 1.98. The Balaban J connectivity index is 1.98. The molecule has 110 valence electrons. The lowest BCUT2D eigenvalue weighted by molar-refractivity contribution is 0.0913. The predicted octanol–water partition coefficient (Wildman–Crippen LogP) is 1.49. The van der Waals surface area contributed by atoms with Crippen molar-refractivity contribution in [1.82, 2.24) is 10.2 Å². The van der Waals surface area contributed by atoms with Crippen molar-refractivity contribution in [2.45, 2.75) is 25.8 Å². The number of anilines is 1. The summed E-state index contributed by atoms with van der Waals surface area (Å²) in [5, 5.41) is 3.07. The number of nitrogen functional groups attached to an aromatic ring is 1. The fraction of sp³-hybridized carbons (Fsp3) is 0.533. The maximum atomic E-state index is 12.3. The number of hydrogen-bond acceptors (Lipinski definition) is 4. The standard InChI is InChI=1S/C15H23N3O2/c1-3-18-8-6-11(7-9-18)17-15(19)13-10-12(20-2)4-5-14(13)16/h4-5,10-11H,3,6-9,16H2,1-2H3,(H,17,19). The summed E-state index contributed by atoms with van der Waals surface area (Å²) in [6.45, 7) is 5.31. The Morgan fingerprint density at radius 2 is 2.15 bits per heavy atom. The van der Waals surface area contributed by atoms with E-state index in [9.17, 15) is 4.79 Å². The zero-order chi connectivity index (χ0) is 14.5. The number of carbonyl (C=O) groups is 1. The van der Waals surface area contributed by atoms with E-state index in [1.54, 1.807) is 25.3 Å². The van der Waals surface area contributed by atoms with Crippen LogP contribution in [0.1, 0.15) is 30.1 Å². The molecule has 3 N–H and O–H groups in total. The second-order valence-corrected chi connectivity index (χ2v) is 5.14. The van der Waals surface area contributed by atoms with E-state index in [1.807, 2.05) is 0 Å². The number of nitrogens with two attached hydrogens (primary N) is 1. The summed E-state index contributed by atoms with van der Waals surface area (Å²) >= 11 is 0. The molecule has 2 rings (SSSR count). The summed E-state index contributed by atoms with van der Waals surface area (Å²) < 4.78 is 5.14. The average Bonchev–Trinajstić information content (AvgIpc) is 2.48. The Hall–Kier alpha value is -1.75. The highest BCUT2D eigenvalue weighted by molar-refractivity contribution is 5.99. The Kier molecular flexibility index (Phi) is 4.84. The molecule has 0 atom stereocenters. The van der Waals surface area contributed by atoms with E-state index in [0.29, 0.717) is 17.0 Å². The van der Waals surface area contributed by atoms with Crippen LogP contribution in [0.25, 0.3) is 0 Å². The second-order valence-electron chi connectivity index (χ2n) is 5.14. The number of benzene rings is 1.